The minimum absolute atomic E-state index is 0.406. The van der Waals surface area contributed by atoms with Crippen LogP contribution in [-0.2, 0) is 4.74 Å². The first-order valence-corrected chi connectivity index (χ1v) is 6.42. The zero-order valence-corrected chi connectivity index (χ0v) is 11.7. The molecule has 0 N–H and O–H groups in total. The highest BCUT2D eigenvalue weighted by atomic mass is 35.6. The van der Waals surface area contributed by atoms with Crippen molar-refractivity contribution in [3.63, 3.8) is 0 Å². The maximum absolute atomic E-state index is 11.8. The number of alkyl halides is 3. The lowest BCUT2D eigenvalue weighted by Crippen LogP contribution is -2.46. The Morgan fingerprint density at radius 2 is 1.62 bits per heavy atom. The fourth-order valence-corrected chi connectivity index (χ4v) is 1.53. The molecule has 0 radical (unpaired) electrons. The van der Waals surface area contributed by atoms with Crippen LogP contribution < -0.4 is 0 Å². The summed E-state index contributed by atoms with van der Waals surface area (Å²) in [6.07, 6.45) is 2.75. The number of carbonyl (C=O) groups excluding carboxylic acids is 1. The zero-order valence-electron chi connectivity index (χ0n) is 9.43. The zero-order chi connectivity index (χ0) is 12.4. The molecule has 94 valence electrons. The number of likely N-dealkylation sites (tertiary alicyclic amines) is 1. The predicted octanol–water partition coefficient (Wildman–Crippen LogP) is 3.76. The molecule has 0 unspecified atom stereocenters. The van der Waals surface area contributed by atoms with E-state index in [1.807, 2.05) is 0 Å². The Morgan fingerprint density at radius 3 is 2.06 bits per heavy atom. The molecule has 1 saturated heterocycles. The fourth-order valence-electron chi connectivity index (χ4n) is 1.42. The van der Waals surface area contributed by atoms with Crippen molar-refractivity contribution in [1.29, 1.82) is 0 Å². The highest BCUT2D eigenvalue weighted by molar-refractivity contribution is 6.68. The number of amides is 1. The molecular formula is C10H16Cl3NO2. The maximum atomic E-state index is 11.8. The van der Waals surface area contributed by atoms with Crippen molar-refractivity contribution in [3.05, 3.63) is 0 Å². The highest BCUT2D eigenvalue weighted by Gasteiger charge is 2.44. The Bertz CT molecular complexity index is 257. The minimum Gasteiger partial charge on any atom is -0.439 e. The van der Waals surface area contributed by atoms with Crippen molar-refractivity contribution in [1.82, 2.24) is 4.90 Å². The number of hydrogen-bond acceptors (Lipinski definition) is 2. The molecule has 0 spiro atoms. The first-order chi connectivity index (χ1) is 7.24. The van der Waals surface area contributed by atoms with Gasteiger partial charge in [0, 0.05) is 13.1 Å². The molecule has 1 aliphatic heterocycles. The van der Waals surface area contributed by atoms with Crippen LogP contribution in [0.4, 0.5) is 4.79 Å². The smallest absolute Gasteiger partial charge is 0.410 e. The first kappa shape index (κ1) is 14.2. The number of nitrogens with zero attached hydrogens (tertiary/aromatic N) is 1. The number of carbonyl (C=O) groups is 1. The second-order valence-corrected chi connectivity index (χ2v) is 6.70. The Kier molecular flexibility index (Phi) is 4.61. The Hall–Kier alpha value is 0.140. The van der Waals surface area contributed by atoms with Crippen molar-refractivity contribution >= 4 is 40.9 Å². The van der Waals surface area contributed by atoms with E-state index in [2.05, 4.69) is 0 Å². The van der Waals surface area contributed by atoms with Crippen LogP contribution in [0.3, 0.4) is 0 Å². The second kappa shape index (κ2) is 5.19. The van der Waals surface area contributed by atoms with Crippen LogP contribution in [0, 0.1) is 0 Å². The standard InChI is InChI=1S/C10H16Cl3NO2/c1-9(2,10(11,12)13)16-8(15)14-6-4-3-5-7-14/h3-7H2,1-2H3. The van der Waals surface area contributed by atoms with E-state index in [9.17, 15) is 4.79 Å². The summed E-state index contributed by atoms with van der Waals surface area (Å²) in [6.45, 7) is 4.60. The van der Waals surface area contributed by atoms with Gasteiger partial charge in [-0.25, -0.2) is 4.79 Å². The molecule has 0 atom stereocenters. The van der Waals surface area contributed by atoms with Gasteiger partial charge in [-0.1, -0.05) is 34.8 Å². The lowest BCUT2D eigenvalue weighted by Gasteiger charge is -2.35. The summed E-state index contributed by atoms with van der Waals surface area (Å²) in [7, 11) is 0. The van der Waals surface area contributed by atoms with E-state index in [0.717, 1.165) is 32.4 Å². The lowest BCUT2D eigenvalue weighted by molar-refractivity contribution is 0.0128. The van der Waals surface area contributed by atoms with Crippen LogP contribution in [0.2, 0.25) is 0 Å². The van der Waals surface area contributed by atoms with Gasteiger partial charge in [-0.15, -0.1) is 0 Å². The predicted molar refractivity (Wildman–Crippen MR) is 66.3 cm³/mol. The van der Waals surface area contributed by atoms with Crippen molar-refractivity contribution in [3.8, 4) is 0 Å². The molecule has 1 heterocycles. The Morgan fingerprint density at radius 1 is 1.12 bits per heavy atom. The number of halogens is 3. The molecule has 6 heteroatoms. The average Bonchev–Trinajstić information content (AvgIpc) is 2.16. The Balaban J connectivity index is 2.56. The summed E-state index contributed by atoms with van der Waals surface area (Å²) in [5.74, 6) is 0. The molecule has 1 amide bonds. The summed E-state index contributed by atoms with van der Waals surface area (Å²) >= 11 is 17.2. The monoisotopic (exact) mass is 287 g/mol. The van der Waals surface area contributed by atoms with Gasteiger partial charge in [0.2, 0.25) is 3.79 Å². The van der Waals surface area contributed by atoms with E-state index in [1.165, 1.54) is 0 Å². The van der Waals surface area contributed by atoms with Crippen LogP contribution in [0.15, 0.2) is 0 Å². The maximum Gasteiger partial charge on any atom is 0.410 e. The van der Waals surface area contributed by atoms with E-state index < -0.39 is 15.5 Å². The molecule has 3 nitrogen and oxygen atoms in total. The summed E-state index contributed by atoms with van der Waals surface area (Å²) in [5, 5.41) is 0. The number of hydrogen-bond donors (Lipinski definition) is 0. The molecule has 16 heavy (non-hydrogen) atoms. The van der Waals surface area contributed by atoms with E-state index >= 15 is 0 Å². The van der Waals surface area contributed by atoms with Crippen LogP contribution in [0.5, 0.6) is 0 Å². The highest BCUT2D eigenvalue weighted by Crippen LogP contribution is 2.40. The van der Waals surface area contributed by atoms with Crippen LogP contribution >= 0.6 is 34.8 Å². The molecule has 0 saturated carbocycles. The molecule has 1 rings (SSSR count). The molecule has 0 aromatic rings. The third-order valence-corrected chi connectivity index (χ3v) is 4.00. The van der Waals surface area contributed by atoms with Crippen molar-refractivity contribution in [2.24, 2.45) is 0 Å². The Labute approximate surface area is 111 Å². The molecule has 1 aliphatic rings. The molecule has 0 aromatic heterocycles. The van der Waals surface area contributed by atoms with Gasteiger partial charge in [0.05, 0.1) is 0 Å². The average molecular weight is 289 g/mol. The fraction of sp³-hybridized carbons (Fsp3) is 0.900. The second-order valence-electron chi connectivity index (χ2n) is 4.42. The van der Waals surface area contributed by atoms with Gasteiger partial charge >= 0.3 is 6.09 Å². The van der Waals surface area contributed by atoms with Crippen molar-refractivity contribution in [2.45, 2.75) is 42.5 Å². The van der Waals surface area contributed by atoms with Crippen LogP contribution in [0.25, 0.3) is 0 Å². The number of piperidine rings is 1. The molecule has 1 fully saturated rings. The largest absolute Gasteiger partial charge is 0.439 e. The van der Waals surface area contributed by atoms with E-state index in [-0.39, 0.29) is 0 Å². The van der Waals surface area contributed by atoms with Gasteiger partial charge in [-0.3, -0.25) is 0 Å². The third-order valence-electron chi connectivity index (χ3n) is 2.64. The van der Waals surface area contributed by atoms with Gasteiger partial charge in [0.1, 0.15) is 0 Å². The molecule has 0 bridgehead atoms. The van der Waals surface area contributed by atoms with Crippen molar-refractivity contribution in [2.75, 3.05) is 13.1 Å². The van der Waals surface area contributed by atoms with Gasteiger partial charge in [0.15, 0.2) is 5.60 Å². The van der Waals surface area contributed by atoms with Gasteiger partial charge in [-0.05, 0) is 33.1 Å². The van der Waals surface area contributed by atoms with E-state index in [4.69, 9.17) is 39.5 Å². The van der Waals surface area contributed by atoms with Crippen molar-refractivity contribution < 1.29 is 9.53 Å². The summed E-state index contributed by atoms with van der Waals surface area (Å²) in [6, 6.07) is 0. The minimum atomic E-state index is -1.63. The lowest BCUT2D eigenvalue weighted by atomic mass is 10.1. The molecule has 0 aromatic carbocycles. The van der Waals surface area contributed by atoms with Gasteiger partial charge in [-0.2, -0.15) is 0 Å². The number of rotatable bonds is 1. The third kappa shape index (κ3) is 3.57. The van der Waals surface area contributed by atoms with Gasteiger partial charge in [0.25, 0.3) is 0 Å². The van der Waals surface area contributed by atoms with Gasteiger partial charge < -0.3 is 9.64 Å². The SMILES string of the molecule is CC(C)(OC(=O)N1CCCCC1)C(Cl)(Cl)Cl. The molecule has 0 aliphatic carbocycles. The first-order valence-electron chi connectivity index (χ1n) is 5.29. The van der Waals surface area contributed by atoms with Crippen LogP contribution in [0.1, 0.15) is 33.1 Å². The summed E-state index contributed by atoms with van der Waals surface area (Å²) in [4.78, 5) is 13.4. The van der Waals surface area contributed by atoms with E-state index in [1.54, 1.807) is 18.7 Å². The number of ether oxygens (including phenoxy) is 1. The van der Waals surface area contributed by atoms with E-state index in [0.29, 0.717) is 0 Å². The summed E-state index contributed by atoms with van der Waals surface area (Å²) < 4.78 is 3.61. The normalized spacial score (nSPS) is 18.4. The summed E-state index contributed by atoms with van der Waals surface area (Å²) in [5.41, 5.74) is -1.13. The molecular weight excluding hydrogens is 272 g/mol. The van der Waals surface area contributed by atoms with Crippen LogP contribution in [-0.4, -0.2) is 33.5 Å². The topological polar surface area (TPSA) is 29.5 Å². The quantitative estimate of drug-likeness (QED) is 0.688.